The molecule has 0 saturated heterocycles. The number of phosphoric acid groups is 2. The molecule has 0 aromatic rings. The van der Waals surface area contributed by atoms with E-state index in [0.717, 1.165) is 154 Å². The van der Waals surface area contributed by atoms with Gasteiger partial charge in [-0.2, -0.15) is 0 Å². The van der Waals surface area contributed by atoms with Crippen molar-refractivity contribution in [1.82, 2.24) is 0 Å². The van der Waals surface area contributed by atoms with Gasteiger partial charge in [-0.15, -0.1) is 0 Å². The number of hydrogen-bond donors (Lipinski definition) is 3. The number of rotatable bonds is 71. The fourth-order valence-corrected chi connectivity index (χ4v) is 11.0. The van der Waals surface area contributed by atoms with Gasteiger partial charge in [0.05, 0.1) is 32.8 Å². The van der Waals surface area contributed by atoms with Crippen molar-refractivity contribution in [2.24, 2.45) is 0 Å². The molecule has 0 rings (SSSR count). The van der Waals surface area contributed by atoms with Crippen LogP contribution in [0.25, 0.3) is 0 Å². The topological polar surface area (TPSA) is 237 Å². The van der Waals surface area contributed by atoms with E-state index in [4.69, 9.17) is 37.0 Å². The molecule has 106 heavy (non-hydrogen) atoms. The third kappa shape index (κ3) is 75.9. The number of hydrogen-bond acceptors (Lipinski definition) is 15. The smallest absolute Gasteiger partial charge is 0.462 e. The molecule has 0 aromatic carbocycles. The van der Waals surface area contributed by atoms with Crippen LogP contribution in [-0.2, 0) is 65.4 Å². The van der Waals surface area contributed by atoms with Gasteiger partial charge in [-0.05, 0) is 167 Å². The van der Waals surface area contributed by atoms with Crippen LogP contribution in [0, 0.1) is 0 Å². The summed E-state index contributed by atoms with van der Waals surface area (Å²) in [6.07, 6.45) is 95.7. The van der Waals surface area contributed by atoms with Crippen LogP contribution in [0.1, 0.15) is 259 Å². The Hall–Kier alpha value is -6.36. The van der Waals surface area contributed by atoms with Gasteiger partial charge in [-0.1, -0.05) is 273 Å². The number of ether oxygens (including phenoxy) is 4. The fraction of sp³-hybridized carbons (Fsp3) is 0.563. The lowest BCUT2D eigenvalue weighted by molar-refractivity contribution is -0.161. The van der Waals surface area contributed by atoms with E-state index in [1.165, 1.54) is 19.3 Å². The van der Waals surface area contributed by atoms with Gasteiger partial charge in [-0.25, -0.2) is 9.13 Å². The summed E-state index contributed by atoms with van der Waals surface area (Å²) in [4.78, 5) is 72.9. The maximum Gasteiger partial charge on any atom is 0.472 e. The van der Waals surface area contributed by atoms with E-state index in [9.17, 15) is 43.2 Å². The number of carbonyl (C=O) groups excluding carboxylic acids is 4. The second kappa shape index (κ2) is 76.8. The Labute approximate surface area is 639 Å². The van der Waals surface area contributed by atoms with Crippen molar-refractivity contribution < 1.29 is 80.2 Å². The van der Waals surface area contributed by atoms with E-state index in [1.54, 1.807) is 12.2 Å². The maximum absolute atomic E-state index is 13.1. The molecule has 0 bridgehead atoms. The van der Waals surface area contributed by atoms with Gasteiger partial charge in [-0.3, -0.25) is 37.3 Å². The lowest BCUT2D eigenvalue weighted by Crippen LogP contribution is -2.30. The highest BCUT2D eigenvalue weighted by Gasteiger charge is 2.30. The molecule has 0 aliphatic rings. The second-order valence-corrected chi connectivity index (χ2v) is 28.1. The van der Waals surface area contributed by atoms with Crippen LogP contribution >= 0.6 is 15.6 Å². The molecule has 0 amide bonds. The number of allylic oxidation sites excluding steroid dienone is 33. The monoisotopic (exact) mass is 1510 g/mol. The van der Waals surface area contributed by atoms with Crippen molar-refractivity contribution in [2.45, 2.75) is 277 Å². The summed E-state index contributed by atoms with van der Waals surface area (Å²) in [6, 6.07) is 0. The first-order valence-electron chi connectivity index (χ1n) is 39.3. The minimum absolute atomic E-state index is 0.0541. The summed E-state index contributed by atoms with van der Waals surface area (Å²) in [5, 5.41) is 10.6. The summed E-state index contributed by atoms with van der Waals surface area (Å²) in [5.41, 5.74) is 0. The normalized spacial score (nSPS) is 15.0. The predicted molar refractivity (Wildman–Crippen MR) is 435 cm³/mol. The molecule has 596 valence electrons. The van der Waals surface area contributed by atoms with Crippen LogP contribution in [0.2, 0.25) is 0 Å². The number of aliphatic hydroxyl groups is 1. The Balaban J connectivity index is 5.55. The van der Waals surface area contributed by atoms with Crippen molar-refractivity contribution in [1.29, 1.82) is 0 Å². The average Bonchev–Trinajstić information content (AvgIpc) is 0.909. The average molecular weight is 1520 g/mol. The van der Waals surface area contributed by atoms with Crippen LogP contribution in [0.15, 0.2) is 207 Å². The van der Waals surface area contributed by atoms with E-state index in [2.05, 4.69) is 198 Å². The first-order valence-corrected chi connectivity index (χ1v) is 42.3. The molecule has 0 radical (unpaired) electrons. The number of aliphatic hydroxyl groups excluding tert-OH is 1. The minimum Gasteiger partial charge on any atom is -0.462 e. The zero-order chi connectivity index (χ0) is 77.4. The molecule has 0 heterocycles. The van der Waals surface area contributed by atoms with E-state index in [1.807, 2.05) is 24.3 Å². The first-order chi connectivity index (χ1) is 51.7. The Morgan fingerprint density at radius 1 is 0.283 bits per heavy atom. The van der Waals surface area contributed by atoms with E-state index < -0.39 is 97.5 Å². The molecule has 0 aromatic heterocycles. The number of esters is 4. The highest BCUT2D eigenvalue weighted by Crippen LogP contribution is 2.45. The van der Waals surface area contributed by atoms with E-state index in [0.29, 0.717) is 32.1 Å². The van der Waals surface area contributed by atoms with Gasteiger partial charge in [0.15, 0.2) is 12.2 Å². The summed E-state index contributed by atoms with van der Waals surface area (Å²) in [5.74, 6) is -2.47. The summed E-state index contributed by atoms with van der Waals surface area (Å²) in [7, 11) is -10.0. The standard InChI is InChI=1S/C87H136O17P2/c1-5-9-13-17-21-25-29-33-37-39-40-42-46-48-52-56-60-64-68-72-85(90)98-78-83(104-87(92)74-70-66-62-58-54-50-44-36-32-28-24-20-16-12-8-4)80-102-106(95,96)100-76-81(88)75-99-105(93,94)101-79-82(103-86(91)73-69-65-61-57-53-49-43-35-31-27-23-19-15-11-7-3)77-97-84(89)71-67-63-59-55-51-47-45-41-38-34-30-26-22-18-14-10-6-2/h9-11,13-15,21-28,33-38,40,42-45,47-48,52-53,55,57,59,65,69,81-83,88H,5-8,12,16-20,29-32,39,41,46,49-51,54,56,58,60-64,66-68,70-80H2,1-4H3,(H,93,94)(H,95,96)/b13-9-,14-10-,15-11-,25-21-,26-22-,27-23-,28-24-,37-33-,38-34-,42-40-,43-35-,44-36-,47-45-,52-48-,57-53-,59-55-,69-65-. The Morgan fingerprint density at radius 2 is 0.538 bits per heavy atom. The summed E-state index contributed by atoms with van der Waals surface area (Å²) >= 11 is 0. The first kappa shape index (κ1) is 99.6. The van der Waals surface area contributed by atoms with Gasteiger partial charge in [0.1, 0.15) is 19.3 Å². The lowest BCUT2D eigenvalue weighted by Gasteiger charge is -2.21. The molecular formula is C87H136O17P2. The molecular weight excluding hydrogens is 1380 g/mol. The second-order valence-electron chi connectivity index (χ2n) is 25.2. The third-order valence-corrected chi connectivity index (χ3v) is 17.2. The van der Waals surface area contributed by atoms with Gasteiger partial charge in [0, 0.05) is 19.3 Å². The van der Waals surface area contributed by atoms with Crippen LogP contribution in [0.3, 0.4) is 0 Å². The van der Waals surface area contributed by atoms with Crippen molar-refractivity contribution in [3.8, 4) is 0 Å². The summed E-state index contributed by atoms with van der Waals surface area (Å²) < 4.78 is 68.3. The minimum atomic E-state index is -5.03. The number of phosphoric ester groups is 2. The fourth-order valence-electron chi connectivity index (χ4n) is 9.39. The summed E-state index contributed by atoms with van der Waals surface area (Å²) in [6.45, 7) is 4.23. The molecule has 3 N–H and O–H groups in total. The third-order valence-electron chi connectivity index (χ3n) is 15.3. The quantitative estimate of drug-likeness (QED) is 0.0169. The van der Waals surface area contributed by atoms with E-state index in [-0.39, 0.29) is 25.7 Å². The molecule has 0 fully saturated rings. The van der Waals surface area contributed by atoms with Crippen LogP contribution < -0.4 is 0 Å². The van der Waals surface area contributed by atoms with Crippen LogP contribution in [0.4, 0.5) is 0 Å². The predicted octanol–water partition coefficient (Wildman–Crippen LogP) is 23.1. The molecule has 0 aliphatic heterocycles. The number of carbonyl (C=O) groups is 4. The zero-order valence-electron chi connectivity index (χ0n) is 65.0. The molecule has 0 saturated carbocycles. The molecule has 0 spiro atoms. The zero-order valence-corrected chi connectivity index (χ0v) is 66.8. The van der Waals surface area contributed by atoms with Crippen LogP contribution in [-0.4, -0.2) is 96.7 Å². The Kier molecular flexibility index (Phi) is 72.2. The molecule has 19 heteroatoms. The van der Waals surface area contributed by atoms with Gasteiger partial charge in [0.2, 0.25) is 0 Å². The highest BCUT2D eigenvalue weighted by atomic mass is 31.2. The highest BCUT2D eigenvalue weighted by molar-refractivity contribution is 7.47. The van der Waals surface area contributed by atoms with Gasteiger partial charge in [0.25, 0.3) is 0 Å². The lowest BCUT2D eigenvalue weighted by atomic mass is 10.1. The van der Waals surface area contributed by atoms with Crippen LogP contribution in [0.5, 0.6) is 0 Å². The van der Waals surface area contributed by atoms with E-state index >= 15 is 0 Å². The molecule has 5 atom stereocenters. The SMILES string of the molecule is CC/C=C\C/C=C\C/C=C\C/C=C\C/C=C\CCCCCC(=O)OCC(COP(=O)(O)OCC(O)COP(=O)(O)OCC(COC(=O)CCC/C=C\C/C=C\C/C=C\C/C=C\C/C=C\CC)OC(=O)C/C=C\C/C=C\C/C=C\C/C=C\C/C=C\CC)OC(=O)CCCCCCC/C=C\C/C=C\CCCCC. The van der Waals surface area contributed by atoms with Crippen molar-refractivity contribution in [3.63, 3.8) is 0 Å². The van der Waals surface area contributed by atoms with Crippen molar-refractivity contribution in [2.75, 3.05) is 39.6 Å². The number of unbranched alkanes of at least 4 members (excludes halogenated alkanes) is 12. The molecule has 5 unspecified atom stereocenters. The Bertz CT molecular complexity index is 2830. The van der Waals surface area contributed by atoms with Crippen molar-refractivity contribution >= 4 is 39.5 Å². The largest absolute Gasteiger partial charge is 0.472 e. The van der Waals surface area contributed by atoms with Gasteiger partial charge < -0.3 is 33.8 Å². The van der Waals surface area contributed by atoms with Crippen molar-refractivity contribution in [3.05, 3.63) is 207 Å². The molecule has 0 aliphatic carbocycles. The maximum atomic E-state index is 13.1. The van der Waals surface area contributed by atoms with Gasteiger partial charge >= 0.3 is 39.5 Å². The Morgan fingerprint density at radius 3 is 0.887 bits per heavy atom. The molecule has 17 nitrogen and oxygen atoms in total.